The van der Waals surface area contributed by atoms with Gasteiger partial charge in [0.05, 0.1) is 11.4 Å². The van der Waals surface area contributed by atoms with Gasteiger partial charge in [0.15, 0.2) is 0 Å². The van der Waals surface area contributed by atoms with Crippen LogP contribution in [0, 0.1) is 0 Å². The first kappa shape index (κ1) is 11.3. The molecular formula is C12H17N5. The van der Waals surface area contributed by atoms with Gasteiger partial charge in [0.25, 0.3) is 0 Å². The number of hydrogen-bond donors (Lipinski definition) is 3. The Morgan fingerprint density at radius 2 is 2.12 bits per heavy atom. The summed E-state index contributed by atoms with van der Waals surface area (Å²) >= 11 is 0. The number of nitrogens with two attached hydrogens (primary N) is 2. The molecule has 0 spiro atoms. The summed E-state index contributed by atoms with van der Waals surface area (Å²) in [6.07, 6.45) is 4.75. The SMILES string of the molecule is Nc1ccc(NCCCn2cccn2)cc1N. The minimum atomic E-state index is 0.613. The van der Waals surface area contributed by atoms with Gasteiger partial charge in [-0.15, -0.1) is 0 Å². The second-order valence-electron chi connectivity index (χ2n) is 3.89. The molecule has 0 fully saturated rings. The molecule has 0 saturated carbocycles. The van der Waals surface area contributed by atoms with Crippen molar-refractivity contribution >= 4 is 17.1 Å². The van der Waals surface area contributed by atoms with Gasteiger partial charge in [0, 0.05) is 31.2 Å². The fourth-order valence-electron chi connectivity index (χ4n) is 1.59. The molecule has 5 nitrogen and oxygen atoms in total. The number of nitrogens with one attached hydrogen (secondary N) is 1. The first-order valence-corrected chi connectivity index (χ1v) is 5.62. The molecule has 0 amide bonds. The van der Waals surface area contributed by atoms with Gasteiger partial charge in [0.2, 0.25) is 0 Å². The van der Waals surface area contributed by atoms with Crippen molar-refractivity contribution in [3.8, 4) is 0 Å². The van der Waals surface area contributed by atoms with Gasteiger partial charge in [-0.25, -0.2) is 0 Å². The molecule has 0 bridgehead atoms. The van der Waals surface area contributed by atoms with Crippen LogP contribution in [0.1, 0.15) is 6.42 Å². The number of benzene rings is 1. The third kappa shape index (κ3) is 3.14. The van der Waals surface area contributed by atoms with E-state index in [9.17, 15) is 0 Å². The number of nitrogen functional groups attached to an aromatic ring is 2. The predicted octanol–water partition coefficient (Wildman–Crippen LogP) is 1.55. The maximum absolute atomic E-state index is 5.72. The zero-order valence-electron chi connectivity index (χ0n) is 9.63. The first-order chi connectivity index (χ1) is 8.25. The molecule has 0 aliphatic heterocycles. The zero-order valence-corrected chi connectivity index (χ0v) is 9.63. The summed E-state index contributed by atoms with van der Waals surface area (Å²) in [4.78, 5) is 0. The van der Waals surface area contributed by atoms with E-state index in [1.54, 1.807) is 6.20 Å². The maximum atomic E-state index is 5.72. The van der Waals surface area contributed by atoms with E-state index in [4.69, 9.17) is 11.5 Å². The number of nitrogens with zero attached hydrogens (tertiary/aromatic N) is 2. The minimum Gasteiger partial charge on any atom is -0.397 e. The molecule has 5 N–H and O–H groups in total. The normalized spacial score (nSPS) is 10.4. The third-order valence-corrected chi connectivity index (χ3v) is 2.54. The van der Waals surface area contributed by atoms with E-state index in [0.717, 1.165) is 25.2 Å². The molecule has 0 aliphatic rings. The quantitative estimate of drug-likeness (QED) is 0.538. The van der Waals surface area contributed by atoms with Crippen LogP contribution in [0.15, 0.2) is 36.7 Å². The smallest absolute Gasteiger partial charge is 0.0568 e. The Labute approximate surface area is 100 Å². The van der Waals surface area contributed by atoms with Gasteiger partial charge in [0.1, 0.15) is 0 Å². The Kier molecular flexibility index (Phi) is 3.49. The number of rotatable bonds is 5. The highest BCUT2D eigenvalue weighted by Gasteiger charge is 1.97. The molecule has 0 atom stereocenters. The fraction of sp³-hybridized carbons (Fsp3) is 0.250. The minimum absolute atomic E-state index is 0.613. The first-order valence-electron chi connectivity index (χ1n) is 5.62. The number of anilines is 3. The van der Waals surface area contributed by atoms with Crippen LogP contribution < -0.4 is 16.8 Å². The van der Waals surface area contributed by atoms with Crippen LogP contribution in [0.3, 0.4) is 0 Å². The fourth-order valence-corrected chi connectivity index (χ4v) is 1.59. The van der Waals surface area contributed by atoms with Crippen LogP contribution in [0.25, 0.3) is 0 Å². The Bertz CT molecular complexity index is 464. The van der Waals surface area contributed by atoms with Crippen molar-refractivity contribution in [1.82, 2.24) is 9.78 Å². The molecule has 0 unspecified atom stereocenters. The standard InChI is InChI=1S/C12H17N5/c13-11-4-3-10(9-12(11)14)15-5-1-7-17-8-2-6-16-17/h2-4,6,8-9,15H,1,5,7,13-14H2. The van der Waals surface area contributed by atoms with Crippen molar-refractivity contribution in [3.63, 3.8) is 0 Å². The molecule has 0 saturated heterocycles. The lowest BCUT2D eigenvalue weighted by atomic mass is 10.2. The van der Waals surface area contributed by atoms with Crippen molar-refractivity contribution in [2.45, 2.75) is 13.0 Å². The lowest BCUT2D eigenvalue weighted by Gasteiger charge is -2.08. The van der Waals surface area contributed by atoms with Crippen molar-refractivity contribution in [1.29, 1.82) is 0 Å². The Morgan fingerprint density at radius 1 is 1.24 bits per heavy atom. The average molecular weight is 231 g/mol. The molecule has 1 heterocycles. The molecular weight excluding hydrogens is 214 g/mol. The summed E-state index contributed by atoms with van der Waals surface area (Å²) in [6, 6.07) is 7.52. The van der Waals surface area contributed by atoms with Crippen molar-refractivity contribution in [2.24, 2.45) is 0 Å². The highest BCUT2D eigenvalue weighted by atomic mass is 15.3. The van der Waals surface area contributed by atoms with E-state index in [1.807, 2.05) is 35.1 Å². The number of aromatic nitrogens is 2. The molecule has 2 rings (SSSR count). The van der Waals surface area contributed by atoms with Crippen molar-refractivity contribution < 1.29 is 0 Å². The lowest BCUT2D eigenvalue weighted by Crippen LogP contribution is -2.07. The molecule has 2 aromatic rings. The highest BCUT2D eigenvalue weighted by molar-refractivity contribution is 5.69. The van der Waals surface area contributed by atoms with Crippen LogP contribution in [0.2, 0.25) is 0 Å². The van der Waals surface area contributed by atoms with E-state index < -0.39 is 0 Å². The van der Waals surface area contributed by atoms with E-state index in [1.165, 1.54) is 0 Å². The van der Waals surface area contributed by atoms with Crippen LogP contribution in [0.5, 0.6) is 0 Å². The molecule has 0 aliphatic carbocycles. The summed E-state index contributed by atoms with van der Waals surface area (Å²) in [6.45, 7) is 1.79. The molecule has 90 valence electrons. The Balaban J connectivity index is 1.76. The van der Waals surface area contributed by atoms with Gasteiger partial charge in [-0.05, 0) is 30.7 Å². The lowest BCUT2D eigenvalue weighted by molar-refractivity contribution is 0.592. The van der Waals surface area contributed by atoms with Gasteiger partial charge >= 0.3 is 0 Å². The van der Waals surface area contributed by atoms with Crippen LogP contribution in [-0.4, -0.2) is 16.3 Å². The molecule has 1 aromatic heterocycles. The topological polar surface area (TPSA) is 81.9 Å². The van der Waals surface area contributed by atoms with Crippen molar-refractivity contribution in [2.75, 3.05) is 23.3 Å². The summed E-state index contributed by atoms with van der Waals surface area (Å²) in [7, 11) is 0. The predicted molar refractivity (Wildman–Crippen MR) is 70.6 cm³/mol. The van der Waals surface area contributed by atoms with Crippen molar-refractivity contribution in [3.05, 3.63) is 36.7 Å². The number of hydrogen-bond acceptors (Lipinski definition) is 4. The van der Waals surface area contributed by atoms with Gasteiger partial charge in [-0.1, -0.05) is 0 Å². The molecule has 5 heteroatoms. The van der Waals surface area contributed by atoms with Gasteiger partial charge < -0.3 is 16.8 Å². The largest absolute Gasteiger partial charge is 0.397 e. The summed E-state index contributed by atoms with van der Waals surface area (Å²) in [5.41, 5.74) is 13.6. The van der Waals surface area contributed by atoms with Crippen LogP contribution >= 0.6 is 0 Å². The Hall–Kier alpha value is -2.17. The monoisotopic (exact) mass is 231 g/mol. The van der Waals surface area contributed by atoms with Crippen LogP contribution in [-0.2, 0) is 6.54 Å². The summed E-state index contributed by atoms with van der Waals surface area (Å²) in [5, 5.41) is 7.44. The Morgan fingerprint density at radius 3 is 2.82 bits per heavy atom. The number of aryl methyl sites for hydroxylation is 1. The third-order valence-electron chi connectivity index (χ3n) is 2.54. The van der Waals surface area contributed by atoms with E-state index in [2.05, 4.69) is 10.4 Å². The van der Waals surface area contributed by atoms with E-state index >= 15 is 0 Å². The second kappa shape index (κ2) is 5.25. The van der Waals surface area contributed by atoms with Crippen LogP contribution in [0.4, 0.5) is 17.1 Å². The van der Waals surface area contributed by atoms with E-state index in [-0.39, 0.29) is 0 Å². The molecule has 0 radical (unpaired) electrons. The second-order valence-corrected chi connectivity index (χ2v) is 3.89. The van der Waals surface area contributed by atoms with E-state index in [0.29, 0.717) is 11.4 Å². The average Bonchev–Trinajstić information content (AvgIpc) is 2.82. The molecule has 1 aromatic carbocycles. The van der Waals surface area contributed by atoms with Gasteiger partial charge in [-0.2, -0.15) is 5.10 Å². The van der Waals surface area contributed by atoms with Gasteiger partial charge in [-0.3, -0.25) is 4.68 Å². The molecule has 17 heavy (non-hydrogen) atoms. The highest BCUT2D eigenvalue weighted by Crippen LogP contribution is 2.19. The zero-order chi connectivity index (χ0) is 12.1. The summed E-state index contributed by atoms with van der Waals surface area (Å²) in [5.74, 6) is 0. The maximum Gasteiger partial charge on any atom is 0.0568 e. The summed E-state index contributed by atoms with van der Waals surface area (Å²) < 4.78 is 1.92.